The molecule has 0 radical (unpaired) electrons. The molecule has 0 unspecified atom stereocenters. The van der Waals surface area contributed by atoms with Gasteiger partial charge in [0, 0.05) is 29.0 Å². The molecule has 3 heterocycles. The van der Waals surface area contributed by atoms with E-state index in [0.29, 0.717) is 33.2 Å². The van der Waals surface area contributed by atoms with Crippen LogP contribution < -0.4 is 21.3 Å². The number of anilines is 2. The summed E-state index contributed by atoms with van der Waals surface area (Å²) in [4.78, 5) is 27.8. The molecule has 1 aromatic carbocycles. The molecule has 1 saturated carbocycles. The number of aromatic amines is 2. The van der Waals surface area contributed by atoms with Crippen molar-refractivity contribution in [3.05, 3.63) is 68.4 Å². The topological polar surface area (TPSA) is 115 Å². The highest BCUT2D eigenvalue weighted by molar-refractivity contribution is 6.30. The summed E-state index contributed by atoms with van der Waals surface area (Å²) in [6, 6.07) is 9.68. The Labute approximate surface area is 175 Å². The van der Waals surface area contributed by atoms with Crippen molar-refractivity contribution in [1.29, 1.82) is 0 Å². The fourth-order valence-electron chi connectivity index (χ4n) is 3.17. The van der Waals surface area contributed by atoms with Gasteiger partial charge in [-0.3, -0.25) is 9.98 Å². The van der Waals surface area contributed by atoms with Gasteiger partial charge in [0.05, 0.1) is 12.2 Å². The van der Waals surface area contributed by atoms with E-state index in [2.05, 4.69) is 15.1 Å². The molecule has 0 aliphatic heterocycles. The van der Waals surface area contributed by atoms with Crippen LogP contribution in [0.25, 0.3) is 11.7 Å². The van der Waals surface area contributed by atoms with Crippen LogP contribution in [-0.4, -0.2) is 42.8 Å². The molecule has 5 rings (SSSR count). The third kappa shape index (κ3) is 3.43. The van der Waals surface area contributed by atoms with Crippen molar-refractivity contribution in [3.8, 4) is 5.88 Å². The van der Waals surface area contributed by atoms with E-state index in [1.165, 1.54) is 0 Å². The number of rotatable bonds is 4. The second-order valence-corrected chi connectivity index (χ2v) is 7.63. The summed E-state index contributed by atoms with van der Waals surface area (Å²) in [7, 11) is 1.90. The lowest BCUT2D eigenvalue weighted by atomic mass is 10.3. The van der Waals surface area contributed by atoms with Crippen LogP contribution in [0.2, 0.25) is 5.02 Å². The quantitative estimate of drug-likeness (QED) is 0.460. The van der Waals surface area contributed by atoms with Crippen LogP contribution >= 0.6 is 11.6 Å². The molecule has 3 aromatic heterocycles. The van der Waals surface area contributed by atoms with Gasteiger partial charge in [0.1, 0.15) is 11.5 Å². The molecule has 0 spiro atoms. The number of benzene rings is 1. The summed E-state index contributed by atoms with van der Waals surface area (Å²) < 4.78 is 1.67. The summed E-state index contributed by atoms with van der Waals surface area (Å²) in [5, 5.41) is 15.6. The van der Waals surface area contributed by atoms with E-state index in [1.54, 1.807) is 16.8 Å². The fourth-order valence-corrected chi connectivity index (χ4v) is 3.36. The molecule has 1 aliphatic carbocycles. The van der Waals surface area contributed by atoms with Crippen LogP contribution in [0.5, 0.6) is 5.88 Å². The highest BCUT2D eigenvalue weighted by Gasteiger charge is 2.20. The van der Waals surface area contributed by atoms with E-state index in [-0.39, 0.29) is 11.6 Å². The summed E-state index contributed by atoms with van der Waals surface area (Å²) in [6.45, 7) is 0. The van der Waals surface area contributed by atoms with Crippen LogP contribution in [-0.2, 0) is 0 Å². The predicted molar refractivity (Wildman–Crippen MR) is 113 cm³/mol. The first-order valence-electron chi connectivity index (χ1n) is 9.43. The fraction of sp³-hybridized carbons (Fsp3) is 0.200. The Morgan fingerprint density at radius 2 is 2.17 bits per heavy atom. The molecule has 10 heteroatoms. The summed E-state index contributed by atoms with van der Waals surface area (Å²) in [5.74, 6) is 0.431. The van der Waals surface area contributed by atoms with Crippen LogP contribution in [0.4, 0.5) is 11.5 Å². The Bertz CT molecular complexity index is 1430. The minimum Gasteiger partial charge on any atom is -0.493 e. The SMILES string of the molecule is CN(c1cccc(Cl)c1)c1cc(=NC2CC2)n2ncc(=Cc3[nH]c(=O)[nH]c3O)c2n1. The molecule has 30 heavy (non-hydrogen) atoms. The van der Waals surface area contributed by atoms with Gasteiger partial charge in [-0.2, -0.15) is 9.61 Å². The third-order valence-electron chi connectivity index (χ3n) is 4.90. The molecule has 0 amide bonds. The number of nitrogens with zero attached hydrogens (tertiary/aromatic N) is 5. The van der Waals surface area contributed by atoms with Crippen molar-refractivity contribution in [3.63, 3.8) is 0 Å². The second kappa shape index (κ2) is 7.03. The highest BCUT2D eigenvalue weighted by atomic mass is 35.5. The average molecular weight is 424 g/mol. The molecule has 1 fully saturated rings. The van der Waals surface area contributed by atoms with E-state index in [4.69, 9.17) is 21.6 Å². The molecule has 1 aliphatic rings. The minimum absolute atomic E-state index is 0.241. The third-order valence-corrected chi connectivity index (χ3v) is 5.14. The summed E-state index contributed by atoms with van der Waals surface area (Å²) >= 11 is 6.15. The number of H-pyrrole nitrogens is 2. The van der Waals surface area contributed by atoms with Crippen molar-refractivity contribution in [2.45, 2.75) is 18.9 Å². The van der Waals surface area contributed by atoms with Crippen LogP contribution in [0, 0.1) is 0 Å². The number of hydrogen-bond donors (Lipinski definition) is 3. The number of fused-ring (bicyclic) bond motifs is 1. The maximum atomic E-state index is 11.5. The van der Waals surface area contributed by atoms with Crippen molar-refractivity contribution >= 4 is 34.8 Å². The van der Waals surface area contributed by atoms with Crippen molar-refractivity contribution < 1.29 is 5.11 Å². The van der Waals surface area contributed by atoms with Gasteiger partial charge in [-0.05, 0) is 37.1 Å². The number of aromatic nitrogens is 5. The molecular formula is C20H18ClN7O2. The first kappa shape index (κ1) is 18.4. The van der Waals surface area contributed by atoms with E-state index in [0.717, 1.165) is 18.5 Å². The van der Waals surface area contributed by atoms with Gasteiger partial charge in [-0.15, -0.1) is 0 Å². The lowest BCUT2D eigenvalue weighted by Crippen LogP contribution is -2.22. The molecule has 0 bridgehead atoms. The number of nitrogens with one attached hydrogen (secondary N) is 2. The van der Waals surface area contributed by atoms with Gasteiger partial charge >= 0.3 is 5.69 Å². The van der Waals surface area contributed by atoms with Gasteiger partial charge in [0.25, 0.3) is 0 Å². The minimum atomic E-state index is -0.492. The Hall–Kier alpha value is -3.59. The Morgan fingerprint density at radius 1 is 1.33 bits per heavy atom. The largest absolute Gasteiger partial charge is 0.493 e. The Morgan fingerprint density at radius 3 is 2.87 bits per heavy atom. The van der Waals surface area contributed by atoms with Gasteiger partial charge < -0.3 is 15.0 Å². The standard InChI is InChI=1S/C20H18ClN7O2/c1-27(14-4-2-3-12(21)8-14)16-9-17(23-13-5-6-13)28-18(25-16)11(10-22-28)7-15-19(29)26-20(30)24-15/h2-4,7-10,13,29H,5-6H2,1H3,(H2,24,26,30). The molecule has 0 atom stereocenters. The maximum absolute atomic E-state index is 11.5. The second-order valence-electron chi connectivity index (χ2n) is 7.19. The number of hydrogen-bond acceptors (Lipinski definition) is 6. The number of aromatic hydroxyl groups is 1. The van der Waals surface area contributed by atoms with E-state index >= 15 is 0 Å². The highest BCUT2D eigenvalue weighted by Crippen LogP contribution is 2.25. The summed E-state index contributed by atoms with van der Waals surface area (Å²) in [6.07, 6.45) is 5.36. The zero-order chi connectivity index (χ0) is 20.8. The Kier molecular flexibility index (Phi) is 4.32. The molecule has 152 valence electrons. The predicted octanol–water partition coefficient (Wildman–Crippen LogP) is 1.48. The van der Waals surface area contributed by atoms with Gasteiger partial charge in [0.2, 0.25) is 5.88 Å². The smallest absolute Gasteiger partial charge is 0.326 e. The molecule has 4 aromatic rings. The van der Waals surface area contributed by atoms with Crippen molar-refractivity contribution in [2.75, 3.05) is 11.9 Å². The van der Waals surface area contributed by atoms with Gasteiger partial charge in [0.15, 0.2) is 11.1 Å². The van der Waals surface area contributed by atoms with Crippen molar-refractivity contribution in [2.24, 2.45) is 4.99 Å². The molecular weight excluding hydrogens is 406 g/mol. The first-order valence-corrected chi connectivity index (χ1v) is 9.80. The van der Waals surface area contributed by atoms with Crippen LogP contribution in [0.3, 0.4) is 0 Å². The molecule has 9 nitrogen and oxygen atoms in total. The van der Waals surface area contributed by atoms with Crippen molar-refractivity contribution in [1.82, 2.24) is 24.6 Å². The van der Waals surface area contributed by atoms with E-state index in [1.807, 2.05) is 42.3 Å². The number of halogens is 1. The monoisotopic (exact) mass is 423 g/mol. The van der Waals surface area contributed by atoms with Crippen LogP contribution in [0.15, 0.2) is 46.3 Å². The average Bonchev–Trinajstić information content (AvgIpc) is 3.35. The zero-order valence-electron chi connectivity index (χ0n) is 16.0. The Balaban J connectivity index is 1.72. The lowest BCUT2D eigenvalue weighted by Gasteiger charge is -2.18. The van der Waals surface area contributed by atoms with E-state index in [9.17, 15) is 9.90 Å². The van der Waals surface area contributed by atoms with E-state index < -0.39 is 5.69 Å². The zero-order valence-corrected chi connectivity index (χ0v) is 16.8. The maximum Gasteiger partial charge on any atom is 0.326 e. The van der Waals surface area contributed by atoms with Gasteiger partial charge in [-0.1, -0.05) is 17.7 Å². The summed E-state index contributed by atoms with van der Waals surface area (Å²) in [5.41, 5.74) is 1.90. The van der Waals surface area contributed by atoms with Crippen LogP contribution in [0.1, 0.15) is 18.5 Å². The number of imidazole rings is 1. The first-order chi connectivity index (χ1) is 14.5. The van der Waals surface area contributed by atoms with Gasteiger partial charge in [-0.25, -0.2) is 9.78 Å². The lowest BCUT2D eigenvalue weighted by molar-refractivity contribution is 0.454. The molecule has 0 saturated heterocycles. The normalized spacial score (nSPS) is 15.3. The molecule has 3 N–H and O–H groups in total.